The second-order valence-corrected chi connectivity index (χ2v) is 5.70. The standard InChI is InChI=1S/C12H13ClOS/c1-8(2)15-7-10-6-9-4-3-5-11(13)12(9)14-10/h3-6,8H,7H2,1-2H3. The van der Waals surface area contributed by atoms with Gasteiger partial charge in [0.1, 0.15) is 5.76 Å². The molecule has 0 N–H and O–H groups in total. The third kappa shape index (κ3) is 2.50. The van der Waals surface area contributed by atoms with E-state index in [0.29, 0.717) is 10.3 Å². The first-order valence-electron chi connectivity index (χ1n) is 4.95. The first-order valence-corrected chi connectivity index (χ1v) is 6.38. The van der Waals surface area contributed by atoms with Crippen molar-refractivity contribution in [1.82, 2.24) is 0 Å². The van der Waals surface area contributed by atoms with E-state index in [1.165, 1.54) is 0 Å². The molecule has 0 saturated heterocycles. The van der Waals surface area contributed by atoms with Gasteiger partial charge >= 0.3 is 0 Å². The Hall–Kier alpha value is -0.600. The Morgan fingerprint density at radius 1 is 1.40 bits per heavy atom. The molecule has 3 heteroatoms. The Morgan fingerprint density at radius 3 is 2.87 bits per heavy atom. The topological polar surface area (TPSA) is 13.1 Å². The van der Waals surface area contributed by atoms with Crippen LogP contribution in [0.25, 0.3) is 11.0 Å². The van der Waals surface area contributed by atoms with Crippen LogP contribution in [0.3, 0.4) is 0 Å². The summed E-state index contributed by atoms with van der Waals surface area (Å²) in [5.74, 6) is 1.90. The SMILES string of the molecule is CC(C)SCc1cc2cccc(Cl)c2o1. The van der Waals surface area contributed by atoms with Gasteiger partial charge in [0.15, 0.2) is 5.58 Å². The van der Waals surface area contributed by atoms with Crippen LogP contribution in [0.15, 0.2) is 28.7 Å². The average Bonchev–Trinajstić information content (AvgIpc) is 2.59. The summed E-state index contributed by atoms with van der Waals surface area (Å²) in [4.78, 5) is 0. The van der Waals surface area contributed by atoms with Crippen LogP contribution in [-0.4, -0.2) is 5.25 Å². The highest BCUT2D eigenvalue weighted by Gasteiger charge is 2.07. The largest absolute Gasteiger partial charge is 0.459 e. The summed E-state index contributed by atoms with van der Waals surface area (Å²) in [5.41, 5.74) is 0.804. The molecule has 0 aliphatic carbocycles. The van der Waals surface area contributed by atoms with Gasteiger partial charge in [-0.05, 0) is 17.4 Å². The summed E-state index contributed by atoms with van der Waals surface area (Å²) in [5, 5.41) is 2.39. The number of para-hydroxylation sites is 1. The Morgan fingerprint density at radius 2 is 2.20 bits per heavy atom. The molecular weight excluding hydrogens is 228 g/mol. The van der Waals surface area contributed by atoms with Crippen molar-refractivity contribution in [2.45, 2.75) is 24.9 Å². The maximum Gasteiger partial charge on any atom is 0.152 e. The molecule has 2 aromatic rings. The Balaban J connectivity index is 2.27. The zero-order chi connectivity index (χ0) is 10.8. The van der Waals surface area contributed by atoms with Gasteiger partial charge in [0, 0.05) is 5.39 Å². The molecule has 15 heavy (non-hydrogen) atoms. The summed E-state index contributed by atoms with van der Waals surface area (Å²) in [7, 11) is 0. The molecule has 1 heterocycles. The monoisotopic (exact) mass is 240 g/mol. The van der Waals surface area contributed by atoms with Crippen molar-refractivity contribution >= 4 is 34.3 Å². The highest BCUT2D eigenvalue weighted by Crippen LogP contribution is 2.29. The number of rotatable bonds is 3. The van der Waals surface area contributed by atoms with Crippen LogP contribution in [-0.2, 0) is 5.75 Å². The van der Waals surface area contributed by atoms with Crippen molar-refractivity contribution in [2.24, 2.45) is 0 Å². The number of hydrogen-bond acceptors (Lipinski definition) is 2. The summed E-state index contributed by atoms with van der Waals surface area (Å²) >= 11 is 7.90. The molecule has 1 aromatic heterocycles. The Labute approximate surface area is 98.8 Å². The quantitative estimate of drug-likeness (QED) is 0.770. The van der Waals surface area contributed by atoms with E-state index in [2.05, 4.69) is 19.9 Å². The average molecular weight is 241 g/mol. The van der Waals surface area contributed by atoms with Crippen molar-refractivity contribution in [3.05, 3.63) is 35.0 Å². The smallest absolute Gasteiger partial charge is 0.152 e. The first-order chi connectivity index (χ1) is 7.16. The van der Waals surface area contributed by atoms with E-state index in [9.17, 15) is 0 Å². The van der Waals surface area contributed by atoms with Crippen LogP contribution >= 0.6 is 23.4 Å². The molecule has 0 fully saturated rings. The highest BCUT2D eigenvalue weighted by molar-refractivity contribution is 7.99. The molecule has 0 atom stereocenters. The van der Waals surface area contributed by atoms with Gasteiger partial charge in [0.2, 0.25) is 0 Å². The predicted octanol–water partition coefficient (Wildman–Crippen LogP) is 4.73. The van der Waals surface area contributed by atoms with Crippen LogP contribution in [0.1, 0.15) is 19.6 Å². The van der Waals surface area contributed by atoms with Gasteiger partial charge in [-0.15, -0.1) is 0 Å². The van der Waals surface area contributed by atoms with Crippen molar-refractivity contribution < 1.29 is 4.42 Å². The van der Waals surface area contributed by atoms with Crippen LogP contribution in [0.5, 0.6) is 0 Å². The lowest BCUT2D eigenvalue weighted by molar-refractivity contribution is 0.574. The minimum Gasteiger partial charge on any atom is -0.459 e. The van der Waals surface area contributed by atoms with Crippen molar-refractivity contribution in [2.75, 3.05) is 0 Å². The van der Waals surface area contributed by atoms with Crippen molar-refractivity contribution in [1.29, 1.82) is 0 Å². The van der Waals surface area contributed by atoms with Crippen LogP contribution in [0.4, 0.5) is 0 Å². The molecular formula is C12H13ClOS. The Bertz CT molecular complexity index is 462. The molecule has 0 saturated carbocycles. The minimum absolute atomic E-state index is 0.619. The summed E-state index contributed by atoms with van der Waals surface area (Å²) in [6, 6.07) is 7.89. The fourth-order valence-corrected chi connectivity index (χ4v) is 2.26. The number of fused-ring (bicyclic) bond motifs is 1. The van der Waals surface area contributed by atoms with E-state index in [1.54, 1.807) is 0 Å². The van der Waals surface area contributed by atoms with Crippen LogP contribution < -0.4 is 0 Å². The second kappa shape index (κ2) is 4.50. The number of hydrogen-bond donors (Lipinski definition) is 0. The summed E-state index contributed by atoms with van der Waals surface area (Å²) in [6.07, 6.45) is 0. The predicted molar refractivity (Wildman–Crippen MR) is 67.7 cm³/mol. The lowest BCUT2D eigenvalue weighted by Gasteiger charge is -2.00. The first kappa shape index (κ1) is 10.9. The van der Waals surface area contributed by atoms with E-state index < -0.39 is 0 Å². The van der Waals surface area contributed by atoms with Crippen LogP contribution in [0.2, 0.25) is 5.02 Å². The fourth-order valence-electron chi connectivity index (χ4n) is 1.40. The molecule has 1 nitrogen and oxygen atoms in total. The third-order valence-corrected chi connectivity index (χ3v) is 3.52. The number of thioether (sulfide) groups is 1. The number of benzene rings is 1. The van der Waals surface area contributed by atoms with Gasteiger partial charge in [0.25, 0.3) is 0 Å². The van der Waals surface area contributed by atoms with E-state index >= 15 is 0 Å². The highest BCUT2D eigenvalue weighted by atomic mass is 35.5. The molecule has 0 amide bonds. The Kier molecular flexibility index (Phi) is 3.27. The lowest BCUT2D eigenvalue weighted by atomic mass is 10.2. The third-order valence-electron chi connectivity index (χ3n) is 2.11. The molecule has 80 valence electrons. The number of halogens is 1. The zero-order valence-corrected chi connectivity index (χ0v) is 10.4. The maximum atomic E-state index is 6.03. The van der Waals surface area contributed by atoms with Crippen molar-refractivity contribution in [3.8, 4) is 0 Å². The molecule has 1 aromatic carbocycles. The number of furan rings is 1. The summed E-state index contributed by atoms with van der Waals surface area (Å²) in [6.45, 7) is 4.36. The van der Waals surface area contributed by atoms with E-state index in [-0.39, 0.29) is 0 Å². The van der Waals surface area contributed by atoms with E-state index in [0.717, 1.165) is 22.5 Å². The molecule has 0 aliphatic heterocycles. The normalized spacial score (nSPS) is 11.5. The lowest BCUT2D eigenvalue weighted by Crippen LogP contribution is -1.86. The molecule has 0 aliphatic rings. The molecule has 0 radical (unpaired) electrons. The van der Waals surface area contributed by atoms with E-state index in [4.69, 9.17) is 16.0 Å². The second-order valence-electron chi connectivity index (χ2n) is 3.73. The molecule has 0 unspecified atom stereocenters. The van der Waals surface area contributed by atoms with Gasteiger partial charge in [-0.25, -0.2) is 0 Å². The van der Waals surface area contributed by atoms with Gasteiger partial charge in [0.05, 0.1) is 10.8 Å². The fraction of sp³-hybridized carbons (Fsp3) is 0.333. The molecule has 0 spiro atoms. The van der Waals surface area contributed by atoms with Crippen LogP contribution in [0, 0.1) is 0 Å². The van der Waals surface area contributed by atoms with Gasteiger partial charge in [-0.3, -0.25) is 0 Å². The van der Waals surface area contributed by atoms with Gasteiger partial charge in [-0.2, -0.15) is 11.8 Å². The van der Waals surface area contributed by atoms with Gasteiger partial charge in [-0.1, -0.05) is 37.6 Å². The maximum absolute atomic E-state index is 6.03. The van der Waals surface area contributed by atoms with Gasteiger partial charge < -0.3 is 4.42 Å². The zero-order valence-electron chi connectivity index (χ0n) is 8.79. The minimum atomic E-state index is 0.619. The molecule has 0 bridgehead atoms. The molecule has 2 rings (SSSR count). The van der Waals surface area contributed by atoms with Crippen molar-refractivity contribution in [3.63, 3.8) is 0 Å². The summed E-state index contributed by atoms with van der Waals surface area (Å²) < 4.78 is 5.70. The van der Waals surface area contributed by atoms with E-state index in [1.807, 2.05) is 30.0 Å².